The first-order chi connectivity index (χ1) is 9.70. The summed E-state index contributed by atoms with van der Waals surface area (Å²) in [6, 6.07) is 0. The fraction of sp³-hybridized carbons (Fsp3) is 0.588. The van der Waals surface area contributed by atoms with Crippen molar-refractivity contribution in [3.05, 3.63) is 28.9 Å². The molecule has 1 atom stereocenters. The van der Waals surface area contributed by atoms with Gasteiger partial charge in [0.05, 0.1) is 11.4 Å². The molecule has 114 valence electrons. The Morgan fingerprint density at radius 2 is 1.81 bits per heavy atom. The molecule has 21 heavy (non-hydrogen) atoms. The minimum absolute atomic E-state index is 0.225. The molecule has 0 radical (unpaired) electrons. The highest BCUT2D eigenvalue weighted by Gasteiger charge is 2.27. The van der Waals surface area contributed by atoms with Gasteiger partial charge in [-0.05, 0) is 50.0 Å². The van der Waals surface area contributed by atoms with Crippen molar-refractivity contribution >= 4 is 11.5 Å². The molecular formula is C17H24N2O2. The highest BCUT2D eigenvalue weighted by atomic mass is 16.4. The van der Waals surface area contributed by atoms with Crippen molar-refractivity contribution in [2.75, 3.05) is 0 Å². The molecule has 0 saturated heterocycles. The van der Waals surface area contributed by atoms with Crippen LogP contribution in [0.2, 0.25) is 0 Å². The number of aromatic nitrogens is 2. The van der Waals surface area contributed by atoms with E-state index in [0.29, 0.717) is 28.5 Å². The molecule has 1 heterocycles. The Hall–Kier alpha value is -1.71. The van der Waals surface area contributed by atoms with Gasteiger partial charge in [0, 0.05) is 0 Å². The molecule has 0 saturated carbocycles. The Kier molecular flexibility index (Phi) is 4.17. The monoisotopic (exact) mass is 288 g/mol. The first-order valence-corrected chi connectivity index (χ1v) is 7.48. The van der Waals surface area contributed by atoms with Crippen molar-refractivity contribution in [2.24, 2.45) is 11.3 Å². The number of carboxylic acids is 1. The van der Waals surface area contributed by atoms with Crippen molar-refractivity contribution < 1.29 is 9.90 Å². The second-order valence-electron chi connectivity index (χ2n) is 6.96. The second kappa shape index (κ2) is 5.58. The van der Waals surface area contributed by atoms with Gasteiger partial charge >= 0.3 is 5.97 Å². The van der Waals surface area contributed by atoms with E-state index in [4.69, 9.17) is 0 Å². The number of hydrogen-bond donors (Lipinski definition) is 1. The van der Waals surface area contributed by atoms with Gasteiger partial charge in [-0.15, -0.1) is 0 Å². The third kappa shape index (κ3) is 3.31. The maximum Gasteiger partial charge on any atom is 0.339 e. The molecule has 1 aromatic rings. The van der Waals surface area contributed by atoms with E-state index in [2.05, 4.69) is 36.8 Å². The van der Waals surface area contributed by atoms with Gasteiger partial charge in [0.15, 0.2) is 5.82 Å². The third-order valence-electron chi connectivity index (χ3n) is 4.41. The molecule has 4 nitrogen and oxygen atoms in total. The zero-order valence-electron chi connectivity index (χ0n) is 13.5. The van der Waals surface area contributed by atoms with Crippen LogP contribution in [0, 0.1) is 25.2 Å². The number of allylic oxidation sites excluding steroid dienone is 2. The van der Waals surface area contributed by atoms with Crippen LogP contribution in [0.25, 0.3) is 5.57 Å². The van der Waals surface area contributed by atoms with Crippen LogP contribution in [-0.4, -0.2) is 21.0 Å². The van der Waals surface area contributed by atoms with Crippen LogP contribution in [0.3, 0.4) is 0 Å². The van der Waals surface area contributed by atoms with Crippen molar-refractivity contribution in [1.82, 2.24) is 9.97 Å². The second-order valence-corrected chi connectivity index (χ2v) is 6.96. The Bertz CT molecular complexity index is 574. The van der Waals surface area contributed by atoms with Gasteiger partial charge in [0.1, 0.15) is 5.56 Å². The summed E-state index contributed by atoms with van der Waals surface area (Å²) in [5.74, 6) is 0.422. The summed E-state index contributed by atoms with van der Waals surface area (Å²) in [4.78, 5) is 20.0. The normalized spacial score (nSPS) is 19.3. The Labute approximate surface area is 126 Å². The minimum Gasteiger partial charge on any atom is -0.478 e. The topological polar surface area (TPSA) is 63.1 Å². The van der Waals surface area contributed by atoms with Crippen LogP contribution in [0.1, 0.15) is 67.6 Å². The van der Waals surface area contributed by atoms with Crippen LogP contribution >= 0.6 is 0 Å². The van der Waals surface area contributed by atoms with Crippen LogP contribution < -0.4 is 0 Å². The van der Waals surface area contributed by atoms with Gasteiger partial charge in [-0.1, -0.05) is 26.8 Å². The predicted octanol–water partition coefficient (Wildman–Crippen LogP) is 4.02. The highest BCUT2D eigenvalue weighted by Crippen LogP contribution is 2.39. The Morgan fingerprint density at radius 1 is 1.24 bits per heavy atom. The van der Waals surface area contributed by atoms with Crippen LogP contribution in [-0.2, 0) is 0 Å². The summed E-state index contributed by atoms with van der Waals surface area (Å²) in [6.45, 7) is 10.3. The number of carboxylic acid groups (broad SMARTS) is 1. The number of rotatable bonds is 2. The SMILES string of the molecule is Cc1nc(C2=CCC(C(C)(C)C)CC2)nc(C)c1C(=O)O. The summed E-state index contributed by atoms with van der Waals surface area (Å²) >= 11 is 0. The molecule has 4 heteroatoms. The summed E-state index contributed by atoms with van der Waals surface area (Å²) in [6.07, 6.45) is 5.37. The number of hydrogen-bond acceptors (Lipinski definition) is 3. The van der Waals surface area contributed by atoms with E-state index in [9.17, 15) is 9.90 Å². The lowest BCUT2D eigenvalue weighted by Crippen LogP contribution is -2.22. The fourth-order valence-electron chi connectivity index (χ4n) is 2.99. The molecule has 1 unspecified atom stereocenters. The number of nitrogens with zero attached hydrogens (tertiary/aromatic N) is 2. The van der Waals surface area contributed by atoms with Crippen molar-refractivity contribution in [3.63, 3.8) is 0 Å². The predicted molar refractivity (Wildman–Crippen MR) is 83.2 cm³/mol. The van der Waals surface area contributed by atoms with E-state index in [0.717, 1.165) is 24.8 Å². The Morgan fingerprint density at radius 3 is 2.19 bits per heavy atom. The molecule has 0 aromatic carbocycles. The van der Waals surface area contributed by atoms with Crippen LogP contribution in [0.4, 0.5) is 0 Å². The molecule has 0 aliphatic heterocycles. The molecular weight excluding hydrogens is 264 g/mol. The smallest absolute Gasteiger partial charge is 0.339 e. The molecule has 2 rings (SSSR count). The van der Waals surface area contributed by atoms with Crippen molar-refractivity contribution in [2.45, 2.75) is 53.9 Å². The third-order valence-corrected chi connectivity index (χ3v) is 4.41. The van der Waals surface area contributed by atoms with Gasteiger partial charge in [-0.3, -0.25) is 0 Å². The number of aryl methyl sites for hydroxylation is 2. The molecule has 0 amide bonds. The average Bonchev–Trinajstić information content (AvgIpc) is 2.36. The lowest BCUT2D eigenvalue weighted by atomic mass is 9.73. The van der Waals surface area contributed by atoms with E-state index < -0.39 is 5.97 Å². The maximum absolute atomic E-state index is 11.2. The first kappa shape index (κ1) is 15.7. The zero-order valence-corrected chi connectivity index (χ0v) is 13.5. The standard InChI is InChI=1S/C17H24N2O2/c1-10-14(16(20)21)11(2)19-15(18-10)12-6-8-13(9-7-12)17(3,4)5/h6,13H,7-9H2,1-5H3,(H,20,21). The fourth-order valence-corrected chi connectivity index (χ4v) is 2.99. The lowest BCUT2D eigenvalue weighted by molar-refractivity contribution is 0.0694. The zero-order chi connectivity index (χ0) is 15.8. The van der Waals surface area contributed by atoms with E-state index in [1.54, 1.807) is 13.8 Å². The van der Waals surface area contributed by atoms with E-state index in [1.165, 1.54) is 0 Å². The average molecular weight is 288 g/mol. The number of aromatic carboxylic acids is 1. The summed E-state index contributed by atoms with van der Waals surface area (Å²) < 4.78 is 0. The molecule has 0 spiro atoms. The van der Waals surface area contributed by atoms with Gasteiger partial charge in [-0.2, -0.15) is 0 Å². The molecule has 0 bridgehead atoms. The van der Waals surface area contributed by atoms with Crippen molar-refractivity contribution in [3.8, 4) is 0 Å². The highest BCUT2D eigenvalue weighted by molar-refractivity contribution is 5.90. The molecule has 0 fully saturated rings. The van der Waals surface area contributed by atoms with Gasteiger partial charge < -0.3 is 5.11 Å². The van der Waals surface area contributed by atoms with Crippen molar-refractivity contribution in [1.29, 1.82) is 0 Å². The van der Waals surface area contributed by atoms with Gasteiger partial charge in [-0.25, -0.2) is 14.8 Å². The van der Waals surface area contributed by atoms with Crippen LogP contribution in [0.15, 0.2) is 6.08 Å². The van der Waals surface area contributed by atoms with E-state index in [-0.39, 0.29) is 5.56 Å². The molecule has 1 aliphatic carbocycles. The van der Waals surface area contributed by atoms with E-state index >= 15 is 0 Å². The lowest BCUT2D eigenvalue weighted by Gasteiger charge is -2.33. The first-order valence-electron chi connectivity index (χ1n) is 7.48. The molecule has 1 aromatic heterocycles. The summed E-state index contributed by atoms with van der Waals surface area (Å²) in [5.41, 5.74) is 2.79. The Balaban J connectivity index is 2.29. The summed E-state index contributed by atoms with van der Waals surface area (Å²) in [7, 11) is 0. The quantitative estimate of drug-likeness (QED) is 0.892. The van der Waals surface area contributed by atoms with Gasteiger partial charge in [0.25, 0.3) is 0 Å². The largest absolute Gasteiger partial charge is 0.478 e. The molecule has 1 aliphatic rings. The van der Waals surface area contributed by atoms with E-state index in [1.807, 2.05) is 0 Å². The summed E-state index contributed by atoms with van der Waals surface area (Å²) in [5, 5.41) is 9.18. The van der Waals surface area contributed by atoms with Gasteiger partial charge in [0.2, 0.25) is 0 Å². The minimum atomic E-state index is -0.957. The maximum atomic E-state index is 11.2. The molecule has 1 N–H and O–H groups in total. The van der Waals surface area contributed by atoms with Crippen LogP contribution in [0.5, 0.6) is 0 Å². The number of carbonyl (C=O) groups is 1.